The van der Waals surface area contributed by atoms with Gasteiger partial charge in [0.1, 0.15) is 6.61 Å². The van der Waals surface area contributed by atoms with Crippen LogP contribution in [0.1, 0.15) is 51.9 Å². The summed E-state index contributed by atoms with van der Waals surface area (Å²) in [6, 6.07) is 0. The predicted molar refractivity (Wildman–Crippen MR) is 102 cm³/mol. The molecule has 27 heavy (non-hydrogen) atoms. The van der Waals surface area contributed by atoms with Gasteiger partial charge in [0.2, 0.25) is 0 Å². The Bertz CT molecular complexity index is 745. The van der Waals surface area contributed by atoms with Crippen LogP contribution in [0.4, 0.5) is 0 Å². The standard InChI is InChI=1S/C23H30O4/c1-3-9-23-10-8-17-16(18(23)6-7-19(23)20(26)13-24)5-4-14-11-15(25)12-21(27)22(14,17)2/h9,11,16-19,21,24,27H,1,4-8,10,12-13H2,2H3/t16-,17+,18+,19-,21?,22+,23+/m1/s1. The number of rotatable bonds is 3. The molecule has 7 atom stereocenters. The lowest BCUT2D eigenvalue weighted by Crippen LogP contribution is -2.55. The first-order chi connectivity index (χ1) is 12.9. The monoisotopic (exact) mass is 370 g/mol. The van der Waals surface area contributed by atoms with Gasteiger partial charge in [0, 0.05) is 23.2 Å². The lowest BCUT2D eigenvalue weighted by atomic mass is 9.46. The highest BCUT2D eigenvalue weighted by Crippen LogP contribution is 2.67. The number of carbonyl (C=O) groups excluding carboxylic acids is 2. The first-order valence-corrected chi connectivity index (χ1v) is 10.3. The number of fused-ring (bicyclic) bond motifs is 5. The molecule has 0 aromatic heterocycles. The van der Waals surface area contributed by atoms with Gasteiger partial charge in [0.25, 0.3) is 0 Å². The van der Waals surface area contributed by atoms with Crippen molar-refractivity contribution in [3.05, 3.63) is 30.0 Å². The fourth-order valence-corrected chi connectivity index (χ4v) is 7.38. The number of hydrogen-bond acceptors (Lipinski definition) is 4. The molecule has 0 radical (unpaired) electrons. The second kappa shape index (κ2) is 6.55. The van der Waals surface area contributed by atoms with Crippen LogP contribution in [-0.4, -0.2) is 34.5 Å². The summed E-state index contributed by atoms with van der Waals surface area (Å²) >= 11 is 0. The van der Waals surface area contributed by atoms with Crippen LogP contribution in [0.3, 0.4) is 0 Å². The van der Waals surface area contributed by atoms with Gasteiger partial charge in [0.15, 0.2) is 11.6 Å². The Morgan fingerprint density at radius 3 is 2.81 bits per heavy atom. The molecule has 4 nitrogen and oxygen atoms in total. The average Bonchev–Trinajstić information content (AvgIpc) is 3.02. The molecule has 3 fully saturated rings. The van der Waals surface area contributed by atoms with Crippen molar-refractivity contribution in [3.8, 4) is 0 Å². The zero-order valence-electron chi connectivity index (χ0n) is 16.1. The summed E-state index contributed by atoms with van der Waals surface area (Å²) < 4.78 is 0. The normalized spacial score (nSPS) is 45.8. The SMILES string of the molecule is C=C=C[C@]12CC[C@H]3[C@@H](CCC4=CC(=O)CC(O)[C@@]43C)[C@@H]1CC[C@@H]2C(=O)CO. The van der Waals surface area contributed by atoms with Crippen LogP contribution < -0.4 is 0 Å². The highest BCUT2D eigenvalue weighted by atomic mass is 16.3. The molecule has 4 heteroatoms. The Hall–Kier alpha value is -1.48. The van der Waals surface area contributed by atoms with Gasteiger partial charge in [-0.15, -0.1) is 5.73 Å². The first kappa shape index (κ1) is 18.9. The Balaban J connectivity index is 1.73. The highest BCUT2D eigenvalue weighted by molar-refractivity contribution is 5.92. The minimum atomic E-state index is -0.614. The second-order valence-electron chi connectivity index (χ2n) is 9.31. The van der Waals surface area contributed by atoms with Crippen LogP contribution in [0, 0.1) is 34.5 Å². The van der Waals surface area contributed by atoms with Crippen LogP contribution in [0.15, 0.2) is 30.0 Å². The molecule has 0 aromatic carbocycles. The fraction of sp³-hybridized carbons (Fsp3) is 0.696. The highest BCUT2D eigenvalue weighted by Gasteiger charge is 2.62. The van der Waals surface area contributed by atoms with E-state index in [1.807, 2.05) is 6.08 Å². The summed E-state index contributed by atoms with van der Waals surface area (Å²) in [6.45, 7) is 5.54. The molecule has 146 valence electrons. The van der Waals surface area contributed by atoms with E-state index >= 15 is 0 Å². The Kier molecular flexibility index (Phi) is 4.57. The van der Waals surface area contributed by atoms with Gasteiger partial charge in [-0.2, -0.15) is 0 Å². The largest absolute Gasteiger partial charge is 0.392 e. The van der Waals surface area contributed by atoms with E-state index in [4.69, 9.17) is 0 Å². The van der Waals surface area contributed by atoms with Gasteiger partial charge in [-0.25, -0.2) is 0 Å². The topological polar surface area (TPSA) is 74.6 Å². The molecular formula is C23H30O4. The molecule has 0 saturated heterocycles. The van der Waals surface area contributed by atoms with Gasteiger partial charge in [0.05, 0.1) is 6.10 Å². The molecule has 0 bridgehead atoms. The maximum Gasteiger partial charge on any atom is 0.162 e. The van der Waals surface area contributed by atoms with E-state index in [-0.39, 0.29) is 34.7 Å². The minimum absolute atomic E-state index is 0.0441. The lowest BCUT2D eigenvalue weighted by Gasteiger charge is -2.59. The summed E-state index contributed by atoms with van der Waals surface area (Å²) in [6.07, 6.45) is 8.84. The van der Waals surface area contributed by atoms with Crippen LogP contribution in [0.25, 0.3) is 0 Å². The third-order valence-corrected chi connectivity index (χ3v) is 8.57. The Labute approximate surface area is 161 Å². The van der Waals surface area contributed by atoms with Gasteiger partial charge >= 0.3 is 0 Å². The number of ketones is 2. The predicted octanol–water partition coefficient (Wildman–Crippen LogP) is 2.99. The number of aliphatic hydroxyl groups is 2. The maximum atomic E-state index is 12.5. The van der Waals surface area contributed by atoms with Crippen molar-refractivity contribution in [1.82, 2.24) is 0 Å². The van der Waals surface area contributed by atoms with E-state index < -0.39 is 12.7 Å². The molecular weight excluding hydrogens is 340 g/mol. The third kappa shape index (κ3) is 2.50. The minimum Gasteiger partial charge on any atom is -0.392 e. The molecule has 0 heterocycles. The summed E-state index contributed by atoms with van der Waals surface area (Å²) in [7, 11) is 0. The van der Waals surface area contributed by atoms with Crippen molar-refractivity contribution in [2.24, 2.45) is 34.5 Å². The number of carbonyl (C=O) groups is 2. The van der Waals surface area contributed by atoms with Gasteiger partial charge in [-0.05, 0) is 68.4 Å². The molecule has 2 N–H and O–H groups in total. The Morgan fingerprint density at radius 2 is 2.11 bits per heavy atom. The van der Waals surface area contributed by atoms with Crippen molar-refractivity contribution in [2.45, 2.75) is 58.0 Å². The summed E-state index contributed by atoms with van der Waals surface area (Å²) in [4.78, 5) is 24.5. The van der Waals surface area contributed by atoms with E-state index in [1.165, 1.54) is 0 Å². The second-order valence-corrected chi connectivity index (χ2v) is 9.31. The number of hydrogen-bond donors (Lipinski definition) is 2. The molecule has 0 spiro atoms. The van der Waals surface area contributed by atoms with Gasteiger partial charge < -0.3 is 10.2 Å². The average molecular weight is 370 g/mol. The van der Waals surface area contributed by atoms with E-state index in [2.05, 4.69) is 19.2 Å². The number of allylic oxidation sites excluding steroid dienone is 1. The molecule has 3 saturated carbocycles. The lowest BCUT2D eigenvalue weighted by molar-refractivity contribution is -0.135. The smallest absolute Gasteiger partial charge is 0.162 e. The Morgan fingerprint density at radius 1 is 1.33 bits per heavy atom. The zero-order valence-corrected chi connectivity index (χ0v) is 16.1. The maximum absolute atomic E-state index is 12.5. The third-order valence-electron chi connectivity index (χ3n) is 8.57. The van der Waals surface area contributed by atoms with Crippen LogP contribution in [0.2, 0.25) is 0 Å². The molecule has 4 aliphatic carbocycles. The summed E-state index contributed by atoms with van der Waals surface area (Å²) in [5.41, 5.74) is 3.51. The van der Waals surface area contributed by atoms with E-state index in [9.17, 15) is 19.8 Å². The van der Waals surface area contributed by atoms with Crippen molar-refractivity contribution < 1.29 is 19.8 Å². The van der Waals surface area contributed by atoms with Crippen molar-refractivity contribution in [1.29, 1.82) is 0 Å². The molecule has 1 unspecified atom stereocenters. The zero-order chi connectivity index (χ0) is 19.4. The fourth-order valence-electron chi connectivity index (χ4n) is 7.38. The summed E-state index contributed by atoms with van der Waals surface area (Å²) in [5, 5.41) is 20.4. The van der Waals surface area contributed by atoms with Crippen molar-refractivity contribution >= 4 is 11.6 Å². The van der Waals surface area contributed by atoms with Crippen LogP contribution in [0.5, 0.6) is 0 Å². The van der Waals surface area contributed by atoms with Crippen molar-refractivity contribution in [2.75, 3.05) is 6.61 Å². The van der Waals surface area contributed by atoms with Crippen LogP contribution in [-0.2, 0) is 9.59 Å². The van der Waals surface area contributed by atoms with E-state index in [0.717, 1.165) is 44.1 Å². The molecule has 0 aromatic rings. The molecule has 4 aliphatic rings. The van der Waals surface area contributed by atoms with E-state index in [0.29, 0.717) is 17.8 Å². The number of Topliss-reactive ketones (excluding diaryl/α,β-unsaturated/α-hetero) is 1. The quantitative estimate of drug-likeness (QED) is 0.749. The number of aliphatic hydroxyl groups excluding tert-OH is 2. The van der Waals surface area contributed by atoms with Gasteiger partial charge in [-0.1, -0.05) is 19.1 Å². The van der Waals surface area contributed by atoms with Crippen LogP contribution >= 0.6 is 0 Å². The van der Waals surface area contributed by atoms with Crippen molar-refractivity contribution in [3.63, 3.8) is 0 Å². The first-order valence-electron chi connectivity index (χ1n) is 10.3. The molecule has 0 amide bonds. The molecule has 0 aliphatic heterocycles. The van der Waals surface area contributed by atoms with Gasteiger partial charge in [-0.3, -0.25) is 9.59 Å². The summed E-state index contributed by atoms with van der Waals surface area (Å²) in [5.74, 6) is 0.945. The molecule has 4 rings (SSSR count). The van der Waals surface area contributed by atoms with E-state index in [1.54, 1.807) is 6.08 Å².